The van der Waals surface area contributed by atoms with Crippen LogP contribution in [0.25, 0.3) is 10.9 Å². The number of fused-ring (bicyclic) bond motifs is 2. The average Bonchev–Trinajstić information content (AvgIpc) is 3.10. The summed E-state index contributed by atoms with van der Waals surface area (Å²) < 4.78 is 15.3. The van der Waals surface area contributed by atoms with Gasteiger partial charge < -0.3 is 15.3 Å². The maximum atomic E-state index is 13.5. The van der Waals surface area contributed by atoms with Gasteiger partial charge in [0.15, 0.2) is 0 Å². The Bertz CT molecular complexity index is 740. The summed E-state index contributed by atoms with van der Waals surface area (Å²) in [5, 5.41) is 1.12. The Labute approximate surface area is 115 Å². The third-order valence-corrected chi connectivity index (χ3v) is 3.97. The van der Waals surface area contributed by atoms with Crippen molar-refractivity contribution >= 4 is 10.9 Å². The topological polar surface area (TPSA) is 59.6 Å². The van der Waals surface area contributed by atoms with Crippen LogP contribution in [0.1, 0.15) is 23.1 Å². The molecule has 20 heavy (non-hydrogen) atoms. The van der Waals surface area contributed by atoms with Crippen molar-refractivity contribution in [1.29, 1.82) is 0 Å². The van der Waals surface area contributed by atoms with E-state index in [4.69, 9.17) is 5.73 Å². The molecule has 0 unspecified atom stereocenters. The van der Waals surface area contributed by atoms with Crippen LogP contribution in [0.15, 0.2) is 36.7 Å². The molecule has 0 fully saturated rings. The number of rotatable bonds is 2. The van der Waals surface area contributed by atoms with Crippen LogP contribution in [-0.2, 0) is 13.0 Å². The maximum Gasteiger partial charge on any atom is 0.123 e. The minimum atomic E-state index is -0.818. The third-order valence-electron chi connectivity index (χ3n) is 3.97. The molecule has 2 aromatic heterocycles. The predicted octanol–water partition coefficient (Wildman–Crippen LogP) is 2.31. The molecule has 1 aliphatic rings. The Balaban J connectivity index is 1.75. The first-order chi connectivity index (χ1) is 9.72. The van der Waals surface area contributed by atoms with E-state index in [9.17, 15) is 4.39 Å². The van der Waals surface area contributed by atoms with Gasteiger partial charge in [0.05, 0.1) is 24.6 Å². The molecule has 4 rings (SSSR count). The van der Waals surface area contributed by atoms with Crippen molar-refractivity contribution in [3.63, 3.8) is 0 Å². The van der Waals surface area contributed by atoms with Crippen molar-refractivity contribution in [2.24, 2.45) is 5.73 Å². The van der Waals surface area contributed by atoms with E-state index in [-0.39, 0.29) is 6.04 Å². The monoisotopic (exact) mass is 270 g/mol. The highest BCUT2D eigenvalue weighted by atomic mass is 19.1. The molecule has 1 aromatic carbocycles. The molecule has 4 nitrogen and oxygen atoms in total. The molecule has 0 saturated heterocycles. The van der Waals surface area contributed by atoms with Crippen LogP contribution >= 0.6 is 0 Å². The van der Waals surface area contributed by atoms with Gasteiger partial charge in [0.25, 0.3) is 0 Å². The Morgan fingerprint density at radius 3 is 3.10 bits per heavy atom. The second-order valence-corrected chi connectivity index (χ2v) is 5.32. The summed E-state index contributed by atoms with van der Waals surface area (Å²) in [6.45, 7) is 0.391. The van der Waals surface area contributed by atoms with Gasteiger partial charge in [0.1, 0.15) is 6.17 Å². The number of nitrogens with two attached hydrogens (primary N) is 1. The van der Waals surface area contributed by atoms with Gasteiger partial charge in [-0.2, -0.15) is 0 Å². The van der Waals surface area contributed by atoms with E-state index >= 15 is 0 Å². The SMILES string of the molecule is N[C@H](c1cc2ccccc2[nH]1)c1ncn2c1C[C@@H](F)C2. The number of halogens is 1. The number of imidazole rings is 1. The number of H-pyrrole nitrogens is 1. The van der Waals surface area contributed by atoms with Gasteiger partial charge in [-0.15, -0.1) is 0 Å². The lowest BCUT2D eigenvalue weighted by Crippen LogP contribution is -2.15. The Kier molecular flexibility index (Phi) is 2.44. The molecule has 3 aromatic rings. The lowest BCUT2D eigenvalue weighted by Gasteiger charge is -2.08. The van der Waals surface area contributed by atoms with Gasteiger partial charge in [-0.25, -0.2) is 9.37 Å². The zero-order chi connectivity index (χ0) is 13.7. The highest BCUT2D eigenvalue weighted by molar-refractivity contribution is 5.80. The molecule has 0 amide bonds. The standard InChI is InChI=1S/C15H15FN4/c16-10-6-13-15(18-8-20(13)7-10)14(17)12-5-9-3-1-2-4-11(9)19-12/h1-5,8,10,14,19H,6-7,17H2/t10-,14-/m1/s1. The molecule has 0 spiro atoms. The van der Waals surface area contributed by atoms with Gasteiger partial charge in [-0.05, 0) is 17.5 Å². The zero-order valence-electron chi connectivity index (χ0n) is 10.9. The summed E-state index contributed by atoms with van der Waals surface area (Å²) in [6.07, 6.45) is 1.28. The lowest BCUT2D eigenvalue weighted by molar-refractivity contribution is 0.328. The first-order valence-electron chi connectivity index (χ1n) is 6.73. The van der Waals surface area contributed by atoms with Crippen LogP contribution in [0.5, 0.6) is 0 Å². The fourth-order valence-electron chi connectivity index (χ4n) is 2.96. The summed E-state index contributed by atoms with van der Waals surface area (Å²) in [7, 11) is 0. The van der Waals surface area contributed by atoms with Crippen molar-refractivity contribution in [3.05, 3.63) is 53.7 Å². The minimum absolute atomic E-state index is 0.344. The molecule has 1 aliphatic heterocycles. The van der Waals surface area contributed by atoms with Crippen LogP contribution in [-0.4, -0.2) is 20.7 Å². The van der Waals surface area contributed by atoms with Gasteiger partial charge in [0.2, 0.25) is 0 Å². The summed E-state index contributed by atoms with van der Waals surface area (Å²) >= 11 is 0. The van der Waals surface area contributed by atoms with Crippen LogP contribution in [0, 0.1) is 0 Å². The number of benzene rings is 1. The number of hydrogen-bond donors (Lipinski definition) is 2. The maximum absolute atomic E-state index is 13.5. The van der Waals surface area contributed by atoms with E-state index < -0.39 is 6.17 Å². The van der Waals surface area contributed by atoms with E-state index in [1.807, 2.05) is 34.9 Å². The Morgan fingerprint density at radius 2 is 2.25 bits per heavy atom. The number of aromatic amines is 1. The van der Waals surface area contributed by atoms with Crippen molar-refractivity contribution in [3.8, 4) is 0 Å². The summed E-state index contributed by atoms with van der Waals surface area (Å²) in [5.74, 6) is 0. The van der Waals surface area contributed by atoms with Crippen molar-refractivity contribution in [2.75, 3.05) is 0 Å². The van der Waals surface area contributed by atoms with Crippen LogP contribution < -0.4 is 5.73 Å². The largest absolute Gasteiger partial charge is 0.357 e. The number of para-hydroxylation sites is 1. The molecule has 0 saturated carbocycles. The highest BCUT2D eigenvalue weighted by Gasteiger charge is 2.28. The second kappa shape index (κ2) is 4.18. The molecule has 2 atom stereocenters. The van der Waals surface area contributed by atoms with Crippen molar-refractivity contribution in [1.82, 2.24) is 14.5 Å². The number of hydrogen-bond acceptors (Lipinski definition) is 2. The van der Waals surface area contributed by atoms with E-state index in [1.54, 1.807) is 6.33 Å². The fraction of sp³-hybridized carbons (Fsp3) is 0.267. The normalized spacial score (nSPS) is 19.4. The summed E-state index contributed by atoms with van der Waals surface area (Å²) in [4.78, 5) is 7.69. The number of nitrogens with zero attached hydrogens (tertiary/aromatic N) is 2. The molecule has 0 aliphatic carbocycles. The van der Waals surface area contributed by atoms with E-state index in [2.05, 4.69) is 9.97 Å². The molecular weight excluding hydrogens is 255 g/mol. The van der Waals surface area contributed by atoms with Crippen molar-refractivity contribution < 1.29 is 4.39 Å². The molecule has 3 N–H and O–H groups in total. The second-order valence-electron chi connectivity index (χ2n) is 5.32. The highest BCUT2D eigenvalue weighted by Crippen LogP contribution is 2.28. The van der Waals surface area contributed by atoms with Gasteiger partial charge in [-0.1, -0.05) is 18.2 Å². The first kappa shape index (κ1) is 11.7. The Hall–Kier alpha value is -2.14. The van der Waals surface area contributed by atoms with Crippen molar-refractivity contribution in [2.45, 2.75) is 25.2 Å². The molecule has 102 valence electrons. The van der Waals surface area contributed by atoms with Gasteiger partial charge >= 0.3 is 0 Å². The molecule has 0 bridgehead atoms. The molecule has 3 heterocycles. The van der Waals surface area contributed by atoms with Gasteiger partial charge in [-0.3, -0.25) is 0 Å². The zero-order valence-corrected chi connectivity index (χ0v) is 10.9. The fourth-order valence-corrected chi connectivity index (χ4v) is 2.96. The van der Waals surface area contributed by atoms with Crippen LogP contribution in [0.2, 0.25) is 0 Å². The van der Waals surface area contributed by atoms with Crippen LogP contribution in [0.4, 0.5) is 4.39 Å². The smallest absolute Gasteiger partial charge is 0.123 e. The third kappa shape index (κ3) is 1.67. The number of aromatic nitrogens is 3. The minimum Gasteiger partial charge on any atom is -0.357 e. The molecule has 5 heteroatoms. The van der Waals surface area contributed by atoms with Gasteiger partial charge in [0, 0.05) is 23.3 Å². The van der Waals surface area contributed by atoms with E-state index in [0.29, 0.717) is 13.0 Å². The summed E-state index contributed by atoms with van der Waals surface area (Å²) in [6, 6.07) is 9.72. The van der Waals surface area contributed by atoms with E-state index in [0.717, 1.165) is 28.0 Å². The first-order valence-corrected chi connectivity index (χ1v) is 6.73. The number of nitrogens with one attached hydrogen (secondary N) is 1. The quantitative estimate of drug-likeness (QED) is 0.750. The lowest BCUT2D eigenvalue weighted by atomic mass is 10.1. The molecule has 0 radical (unpaired) electrons. The average molecular weight is 270 g/mol. The van der Waals surface area contributed by atoms with E-state index in [1.165, 1.54) is 0 Å². The molecular formula is C15H15FN4. The predicted molar refractivity (Wildman–Crippen MR) is 75.2 cm³/mol. The number of alkyl halides is 1. The summed E-state index contributed by atoms with van der Waals surface area (Å²) in [5.41, 5.74) is 9.97. The Morgan fingerprint density at radius 1 is 1.40 bits per heavy atom. The van der Waals surface area contributed by atoms with Crippen LogP contribution in [0.3, 0.4) is 0 Å².